The zero-order chi connectivity index (χ0) is 15.8. The number of ketones is 1. The van der Waals surface area contributed by atoms with Gasteiger partial charge in [0.05, 0.1) is 6.04 Å². The molecule has 20 heavy (non-hydrogen) atoms. The van der Waals surface area contributed by atoms with Crippen LogP contribution in [-0.2, 0) is 9.59 Å². The number of nitrogens with one attached hydrogen (secondary N) is 2. The first kappa shape index (κ1) is 19.1. The van der Waals surface area contributed by atoms with Crippen molar-refractivity contribution in [1.82, 2.24) is 10.6 Å². The summed E-state index contributed by atoms with van der Waals surface area (Å²) < 4.78 is 0. The Labute approximate surface area is 124 Å². The Morgan fingerprint density at radius 3 is 2.25 bits per heavy atom. The van der Waals surface area contributed by atoms with Gasteiger partial charge in [-0.3, -0.25) is 9.59 Å². The summed E-state index contributed by atoms with van der Waals surface area (Å²) in [7, 11) is 1.81. The molecule has 4 nitrogen and oxygen atoms in total. The third kappa shape index (κ3) is 7.63. The predicted octanol–water partition coefficient (Wildman–Crippen LogP) is 2.52. The molecule has 0 aliphatic rings. The Bertz CT molecular complexity index is 312. The minimum atomic E-state index is -0.189. The summed E-state index contributed by atoms with van der Waals surface area (Å²) in [6.07, 6.45) is 3.44. The fourth-order valence-corrected chi connectivity index (χ4v) is 2.38. The molecule has 0 saturated carbocycles. The zero-order valence-corrected chi connectivity index (χ0v) is 14.0. The number of hydrogen-bond donors (Lipinski definition) is 2. The highest BCUT2D eigenvalue weighted by Crippen LogP contribution is 2.28. The largest absolute Gasteiger partial charge is 0.354 e. The van der Waals surface area contributed by atoms with Crippen LogP contribution in [0.15, 0.2) is 0 Å². The summed E-state index contributed by atoms with van der Waals surface area (Å²) in [4.78, 5) is 23.6. The van der Waals surface area contributed by atoms with Gasteiger partial charge in [0, 0.05) is 18.9 Å². The Kier molecular flexibility index (Phi) is 8.70. The van der Waals surface area contributed by atoms with E-state index in [1.165, 1.54) is 0 Å². The normalized spacial score (nSPS) is 13.3. The van der Waals surface area contributed by atoms with Crippen molar-refractivity contribution >= 4 is 11.7 Å². The van der Waals surface area contributed by atoms with Crippen molar-refractivity contribution in [2.75, 3.05) is 13.6 Å². The molecule has 1 atom stereocenters. The van der Waals surface area contributed by atoms with E-state index in [0.717, 1.165) is 19.3 Å². The van der Waals surface area contributed by atoms with Gasteiger partial charge in [-0.2, -0.15) is 0 Å². The maximum absolute atomic E-state index is 12.1. The van der Waals surface area contributed by atoms with Crippen LogP contribution >= 0.6 is 0 Å². The highest BCUT2D eigenvalue weighted by atomic mass is 16.2. The van der Waals surface area contributed by atoms with Crippen LogP contribution in [0, 0.1) is 11.3 Å². The van der Waals surface area contributed by atoms with Crippen molar-refractivity contribution in [3.8, 4) is 0 Å². The Balaban J connectivity index is 4.25. The molecule has 0 aliphatic carbocycles. The summed E-state index contributed by atoms with van der Waals surface area (Å²) in [6.45, 7) is 10.7. The number of carbonyl (C=O) groups excluding carboxylic acids is 2. The number of carbonyl (C=O) groups is 2. The van der Waals surface area contributed by atoms with E-state index >= 15 is 0 Å². The van der Waals surface area contributed by atoms with E-state index in [2.05, 4.69) is 31.4 Å². The average Bonchev–Trinajstić information content (AvgIpc) is 2.35. The maximum atomic E-state index is 12.1. The van der Waals surface area contributed by atoms with Crippen LogP contribution in [0.3, 0.4) is 0 Å². The monoisotopic (exact) mass is 284 g/mol. The molecule has 1 unspecified atom stereocenters. The van der Waals surface area contributed by atoms with Gasteiger partial charge in [0.15, 0.2) is 0 Å². The molecular formula is C16H32N2O2. The van der Waals surface area contributed by atoms with Gasteiger partial charge in [-0.1, -0.05) is 41.0 Å². The molecule has 0 aromatic rings. The van der Waals surface area contributed by atoms with Crippen LogP contribution < -0.4 is 10.6 Å². The van der Waals surface area contributed by atoms with Crippen LogP contribution in [0.25, 0.3) is 0 Å². The average molecular weight is 284 g/mol. The highest BCUT2D eigenvalue weighted by Gasteiger charge is 2.26. The smallest absolute Gasteiger partial charge is 0.237 e. The van der Waals surface area contributed by atoms with Crippen molar-refractivity contribution in [1.29, 1.82) is 0 Å². The molecule has 1 amide bonds. The second kappa shape index (κ2) is 9.11. The molecule has 0 heterocycles. The lowest BCUT2D eigenvalue weighted by atomic mass is 9.81. The third-order valence-electron chi connectivity index (χ3n) is 3.66. The molecule has 4 heteroatoms. The molecule has 0 aromatic carbocycles. The maximum Gasteiger partial charge on any atom is 0.237 e. The third-order valence-corrected chi connectivity index (χ3v) is 3.66. The van der Waals surface area contributed by atoms with Crippen LogP contribution in [0.4, 0.5) is 0 Å². The summed E-state index contributed by atoms with van der Waals surface area (Å²) in [5.41, 5.74) is 0.146. The molecule has 0 fully saturated rings. The van der Waals surface area contributed by atoms with Gasteiger partial charge in [-0.05, 0) is 25.3 Å². The molecule has 0 radical (unpaired) electrons. The topological polar surface area (TPSA) is 58.2 Å². The number of rotatable bonds is 10. The lowest BCUT2D eigenvalue weighted by Crippen LogP contribution is -2.45. The highest BCUT2D eigenvalue weighted by molar-refractivity contribution is 5.83. The summed E-state index contributed by atoms with van der Waals surface area (Å²) in [6, 6.07) is -0.189. The van der Waals surface area contributed by atoms with Gasteiger partial charge in [0.2, 0.25) is 5.91 Å². The summed E-state index contributed by atoms with van der Waals surface area (Å²) in [5, 5.41) is 5.94. The zero-order valence-electron chi connectivity index (χ0n) is 14.0. The lowest BCUT2D eigenvalue weighted by molar-refractivity contribution is -0.124. The van der Waals surface area contributed by atoms with E-state index in [-0.39, 0.29) is 29.1 Å². The molecular weight excluding hydrogens is 252 g/mol. The van der Waals surface area contributed by atoms with Crippen LogP contribution in [0.1, 0.15) is 60.3 Å². The van der Waals surface area contributed by atoms with Crippen molar-refractivity contribution in [3.05, 3.63) is 0 Å². The van der Waals surface area contributed by atoms with Crippen LogP contribution in [0.5, 0.6) is 0 Å². The number of Topliss-reactive ketones (excluding diaryl/α,β-unsaturated/α-hetero) is 1. The van der Waals surface area contributed by atoms with Gasteiger partial charge in [0.25, 0.3) is 0 Å². The molecule has 0 bridgehead atoms. The van der Waals surface area contributed by atoms with E-state index < -0.39 is 0 Å². The molecule has 118 valence electrons. The van der Waals surface area contributed by atoms with Gasteiger partial charge >= 0.3 is 0 Å². The molecule has 2 N–H and O–H groups in total. The van der Waals surface area contributed by atoms with E-state index in [0.29, 0.717) is 13.0 Å². The standard InChI is InChI=1S/C16H32N2O2/c1-7-9-16(4,5)11-13(17-6)15(20)18-10-8-14(19)12(2)3/h12-13,17H,7-11H2,1-6H3,(H,18,20). The number of amides is 1. The first-order chi connectivity index (χ1) is 9.23. The number of hydrogen-bond acceptors (Lipinski definition) is 3. The van der Waals surface area contributed by atoms with Crippen LogP contribution in [0.2, 0.25) is 0 Å². The lowest BCUT2D eigenvalue weighted by Gasteiger charge is -2.28. The first-order valence-corrected chi connectivity index (χ1v) is 7.71. The van der Waals surface area contributed by atoms with Gasteiger partial charge in [-0.25, -0.2) is 0 Å². The van der Waals surface area contributed by atoms with Crippen molar-refractivity contribution in [3.63, 3.8) is 0 Å². The van der Waals surface area contributed by atoms with Crippen molar-refractivity contribution in [2.45, 2.75) is 66.3 Å². The Hall–Kier alpha value is -0.900. The SMILES string of the molecule is CCCC(C)(C)CC(NC)C(=O)NCCC(=O)C(C)C. The molecule has 0 spiro atoms. The minimum absolute atomic E-state index is 0.00626. The second-order valence-electron chi connectivity index (χ2n) is 6.62. The van der Waals surface area contributed by atoms with E-state index in [1.54, 1.807) is 0 Å². The minimum Gasteiger partial charge on any atom is -0.354 e. The van der Waals surface area contributed by atoms with Gasteiger partial charge in [0.1, 0.15) is 5.78 Å². The Morgan fingerprint density at radius 2 is 1.80 bits per heavy atom. The van der Waals surface area contributed by atoms with Gasteiger partial charge < -0.3 is 10.6 Å². The quantitative estimate of drug-likeness (QED) is 0.648. The van der Waals surface area contributed by atoms with E-state index in [4.69, 9.17) is 0 Å². The van der Waals surface area contributed by atoms with E-state index in [9.17, 15) is 9.59 Å². The van der Waals surface area contributed by atoms with Crippen LogP contribution in [-0.4, -0.2) is 31.3 Å². The summed E-state index contributed by atoms with van der Waals surface area (Å²) >= 11 is 0. The van der Waals surface area contributed by atoms with Crippen molar-refractivity contribution < 1.29 is 9.59 Å². The second-order valence-corrected chi connectivity index (χ2v) is 6.62. The van der Waals surface area contributed by atoms with E-state index in [1.807, 2.05) is 20.9 Å². The molecule has 0 aliphatic heterocycles. The molecule has 0 rings (SSSR count). The Morgan fingerprint density at radius 1 is 1.20 bits per heavy atom. The first-order valence-electron chi connectivity index (χ1n) is 7.71. The summed E-state index contributed by atoms with van der Waals surface area (Å²) in [5.74, 6) is 0.223. The van der Waals surface area contributed by atoms with Gasteiger partial charge in [-0.15, -0.1) is 0 Å². The predicted molar refractivity (Wildman–Crippen MR) is 83.6 cm³/mol. The molecule has 0 saturated heterocycles. The van der Waals surface area contributed by atoms with Crippen molar-refractivity contribution in [2.24, 2.45) is 11.3 Å². The fourth-order valence-electron chi connectivity index (χ4n) is 2.38. The number of likely N-dealkylation sites (N-methyl/N-ethyl adjacent to an activating group) is 1. The fraction of sp³-hybridized carbons (Fsp3) is 0.875. The molecule has 0 aromatic heterocycles.